The zero-order chi connectivity index (χ0) is 18.9. The number of alkyl halides is 1. The molecule has 0 aromatic heterocycles. The van der Waals surface area contributed by atoms with E-state index in [2.05, 4.69) is 0 Å². The molecule has 1 saturated carbocycles. The van der Waals surface area contributed by atoms with Crippen LogP contribution < -0.4 is 9.47 Å². The van der Waals surface area contributed by atoms with Gasteiger partial charge in [-0.05, 0) is 43.7 Å². The van der Waals surface area contributed by atoms with E-state index < -0.39 is 12.1 Å². The summed E-state index contributed by atoms with van der Waals surface area (Å²) in [7, 11) is 1.61. The number of hydrogen-bond donors (Lipinski definition) is 2. The molecule has 0 radical (unpaired) electrons. The van der Waals surface area contributed by atoms with E-state index in [1.807, 2.05) is 36.4 Å². The van der Waals surface area contributed by atoms with Gasteiger partial charge in [0, 0.05) is 23.8 Å². The van der Waals surface area contributed by atoms with Crippen LogP contribution in [0.2, 0.25) is 0 Å². The quantitative estimate of drug-likeness (QED) is 0.365. The van der Waals surface area contributed by atoms with Gasteiger partial charge in [0.05, 0.1) is 19.8 Å². The average molecular weight is 383 g/mol. The number of carboxylic acid groups (broad SMARTS) is 1. The first-order valence-electron chi connectivity index (χ1n) is 8.97. The van der Waals surface area contributed by atoms with Gasteiger partial charge in [0.2, 0.25) is 0 Å². The number of halogens is 1. The Morgan fingerprint density at radius 2 is 2.08 bits per heavy atom. The third kappa shape index (κ3) is 6.22. The minimum absolute atomic E-state index is 0.0348. The number of benzene rings is 1. The maximum atomic E-state index is 10.5. The molecular formula is C20H27ClO5. The zero-order valence-corrected chi connectivity index (χ0v) is 15.8. The van der Waals surface area contributed by atoms with Crippen LogP contribution >= 0.6 is 11.6 Å². The van der Waals surface area contributed by atoms with Crippen molar-refractivity contribution in [1.82, 2.24) is 0 Å². The first-order valence-corrected chi connectivity index (χ1v) is 9.40. The predicted molar refractivity (Wildman–Crippen MR) is 101 cm³/mol. The number of unbranched alkanes of at least 4 members (excludes halogenated alkanes) is 1. The number of ether oxygens (including phenoxy) is 2. The van der Waals surface area contributed by atoms with E-state index in [-0.39, 0.29) is 23.6 Å². The second-order valence-electron chi connectivity index (χ2n) is 6.63. The van der Waals surface area contributed by atoms with Crippen LogP contribution in [-0.4, -0.2) is 41.4 Å². The van der Waals surface area contributed by atoms with Crippen LogP contribution in [0.3, 0.4) is 0 Å². The van der Waals surface area contributed by atoms with Crippen molar-refractivity contribution in [3.05, 3.63) is 36.4 Å². The van der Waals surface area contributed by atoms with Gasteiger partial charge in [-0.25, -0.2) is 0 Å². The lowest BCUT2D eigenvalue weighted by molar-refractivity contribution is -0.137. The monoisotopic (exact) mass is 382 g/mol. The summed E-state index contributed by atoms with van der Waals surface area (Å²) in [6, 6.07) is 7.39. The van der Waals surface area contributed by atoms with Crippen LogP contribution in [0.1, 0.15) is 32.1 Å². The van der Waals surface area contributed by atoms with Gasteiger partial charge in [-0.1, -0.05) is 18.2 Å². The van der Waals surface area contributed by atoms with Crippen LogP contribution in [0.5, 0.6) is 11.5 Å². The Kier molecular flexibility index (Phi) is 8.26. The summed E-state index contributed by atoms with van der Waals surface area (Å²) in [5.41, 5.74) is 0. The second-order valence-corrected chi connectivity index (χ2v) is 7.19. The molecule has 144 valence electrons. The molecule has 0 bridgehead atoms. The predicted octanol–water partition coefficient (Wildman–Crippen LogP) is 3.88. The number of aliphatic hydroxyl groups is 1. The lowest BCUT2D eigenvalue weighted by Crippen LogP contribution is -2.27. The summed E-state index contributed by atoms with van der Waals surface area (Å²) < 4.78 is 11.1. The van der Waals surface area contributed by atoms with E-state index >= 15 is 0 Å². The number of aliphatic hydroxyl groups excluding tert-OH is 1. The van der Waals surface area contributed by atoms with Crippen LogP contribution in [-0.2, 0) is 4.79 Å². The molecular weight excluding hydrogens is 356 g/mol. The van der Waals surface area contributed by atoms with Crippen LogP contribution in [0.4, 0.5) is 0 Å². The molecule has 5 nitrogen and oxygen atoms in total. The fraction of sp³-hybridized carbons (Fsp3) is 0.550. The van der Waals surface area contributed by atoms with Crippen molar-refractivity contribution >= 4 is 17.6 Å². The van der Waals surface area contributed by atoms with E-state index in [9.17, 15) is 9.90 Å². The summed E-state index contributed by atoms with van der Waals surface area (Å²) >= 11 is 6.43. The molecule has 26 heavy (non-hydrogen) atoms. The molecule has 1 aliphatic carbocycles. The molecule has 1 aromatic rings. The SMILES string of the molecule is COc1cccc(OC[C@@H]2[C@@H](CC=CCCCC(=O)O)[C@H](Cl)C[C@H]2O)c1. The second kappa shape index (κ2) is 10.4. The van der Waals surface area contributed by atoms with E-state index in [0.29, 0.717) is 25.2 Å². The summed E-state index contributed by atoms with van der Waals surface area (Å²) in [5, 5.41) is 18.9. The highest BCUT2D eigenvalue weighted by Gasteiger charge is 2.41. The fourth-order valence-electron chi connectivity index (χ4n) is 3.32. The Labute approximate surface area is 159 Å². The van der Waals surface area contributed by atoms with E-state index in [4.69, 9.17) is 26.2 Å². The normalized spacial score (nSPS) is 25.5. The molecule has 0 unspecified atom stereocenters. The Balaban J connectivity index is 1.86. The summed E-state index contributed by atoms with van der Waals surface area (Å²) in [6.45, 7) is 0.398. The Hall–Kier alpha value is -1.72. The largest absolute Gasteiger partial charge is 0.497 e. The van der Waals surface area contributed by atoms with Crippen LogP contribution in [0.15, 0.2) is 36.4 Å². The van der Waals surface area contributed by atoms with Gasteiger partial charge in [-0.3, -0.25) is 4.79 Å². The molecule has 2 N–H and O–H groups in total. The van der Waals surface area contributed by atoms with Crippen LogP contribution in [0, 0.1) is 11.8 Å². The lowest BCUT2D eigenvalue weighted by Gasteiger charge is -2.22. The third-order valence-corrected chi connectivity index (χ3v) is 5.30. The maximum Gasteiger partial charge on any atom is 0.303 e. The van der Waals surface area contributed by atoms with Crippen molar-refractivity contribution in [2.75, 3.05) is 13.7 Å². The number of hydrogen-bond acceptors (Lipinski definition) is 4. The van der Waals surface area contributed by atoms with Crippen molar-refractivity contribution in [3.8, 4) is 11.5 Å². The van der Waals surface area contributed by atoms with Crippen molar-refractivity contribution in [2.24, 2.45) is 11.8 Å². The number of aliphatic carboxylic acids is 1. The minimum Gasteiger partial charge on any atom is -0.497 e. The van der Waals surface area contributed by atoms with Crippen molar-refractivity contribution in [1.29, 1.82) is 0 Å². The number of rotatable bonds is 10. The molecule has 0 heterocycles. The van der Waals surface area contributed by atoms with E-state index in [1.165, 1.54) is 0 Å². The standard InChI is InChI=1S/C20H27ClO5/c1-25-14-7-6-8-15(11-14)26-13-17-16(18(21)12-19(17)22)9-4-2-3-5-10-20(23)24/h2,4,6-8,11,16-19,22H,3,5,9-10,12-13H2,1H3,(H,23,24)/t16-,17-,18-,19-/m1/s1. The lowest BCUT2D eigenvalue weighted by atomic mass is 9.92. The Morgan fingerprint density at radius 1 is 1.31 bits per heavy atom. The zero-order valence-electron chi connectivity index (χ0n) is 15.0. The van der Waals surface area contributed by atoms with E-state index in [1.54, 1.807) is 7.11 Å². The number of allylic oxidation sites excluding steroid dienone is 2. The van der Waals surface area contributed by atoms with E-state index in [0.717, 1.165) is 18.6 Å². The molecule has 0 saturated heterocycles. The van der Waals surface area contributed by atoms with Gasteiger partial charge in [0.15, 0.2) is 0 Å². The fourth-order valence-corrected chi connectivity index (χ4v) is 3.79. The smallest absolute Gasteiger partial charge is 0.303 e. The minimum atomic E-state index is -0.770. The number of methoxy groups -OCH3 is 1. The summed E-state index contributed by atoms with van der Waals surface area (Å²) in [4.78, 5) is 10.5. The van der Waals surface area contributed by atoms with Crippen LogP contribution in [0.25, 0.3) is 0 Å². The van der Waals surface area contributed by atoms with Gasteiger partial charge in [-0.15, -0.1) is 11.6 Å². The molecule has 4 atom stereocenters. The summed E-state index contributed by atoms with van der Waals surface area (Å²) in [5.74, 6) is 0.760. The number of carbonyl (C=O) groups is 1. The highest BCUT2D eigenvalue weighted by molar-refractivity contribution is 6.21. The molecule has 6 heteroatoms. The van der Waals surface area contributed by atoms with Gasteiger partial charge in [0.1, 0.15) is 11.5 Å². The van der Waals surface area contributed by atoms with Gasteiger partial charge in [0.25, 0.3) is 0 Å². The topological polar surface area (TPSA) is 76.0 Å². The van der Waals surface area contributed by atoms with Gasteiger partial charge < -0.3 is 19.7 Å². The Bertz CT molecular complexity index is 604. The summed E-state index contributed by atoms with van der Waals surface area (Å²) in [6.07, 6.45) is 6.42. The first kappa shape index (κ1) is 20.6. The highest BCUT2D eigenvalue weighted by Crippen LogP contribution is 2.39. The van der Waals surface area contributed by atoms with Crippen molar-refractivity contribution in [2.45, 2.75) is 43.6 Å². The van der Waals surface area contributed by atoms with Crippen molar-refractivity contribution < 1.29 is 24.5 Å². The molecule has 2 rings (SSSR count). The molecule has 0 amide bonds. The third-order valence-electron chi connectivity index (χ3n) is 4.80. The van der Waals surface area contributed by atoms with Gasteiger partial charge >= 0.3 is 5.97 Å². The molecule has 1 aliphatic rings. The average Bonchev–Trinajstić information content (AvgIpc) is 2.89. The first-order chi connectivity index (χ1) is 12.5. The molecule has 1 fully saturated rings. The van der Waals surface area contributed by atoms with Gasteiger partial charge in [-0.2, -0.15) is 0 Å². The molecule has 0 spiro atoms. The molecule has 0 aliphatic heterocycles. The van der Waals surface area contributed by atoms with Crippen molar-refractivity contribution in [3.63, 3.8) is 0 Å². The number of carboxylic acids is 1. The highest BCUT2D eigenvalue weighted by atomic mass is 35.5. The molecule has 1 aromatic carbocycles. The Morgan fingerprint density at radius 3 is 2.81 bits per heavy atom. The maximum absolute atomic E-state index is 10.5.